The molecule has 0 bridgehead atoms. The van der Waals surface area contributed by atoms with Gasteiger partial charge in [-0.1, -0.05) is 6.07 Å². The van der Waals surface area contributed by atoms with Crippen molar-refractivity contribution in [1.82, 2.24) is 10.2 Å². The first-order chi connectivity index (χ1) is 10.2. The molecule has 2 aliphatic heterocycles. The van der Waals surface area contributed by atoms with Crippen LogP contribution >= 0.6 is 0 Å². The Kier molecular flexibility index (Phi) is 4.01. The molecule has 3 rings (SSSR count). The van der Waals surface area contributed by atoms with Gasteiger partial charge in [-0.3, -0.25) is 4.79 Å². The number of aromatic hydroxyl groups is 2. The van der Waals surface area contributed by atoms with E-state index in [0.29, 0.717) is 6.04 Å². The first kappa shape index (κ1) is 14.2. The number of likely N-dealkylation sites (tertiary alicyclic amines) is 1. The lowest BCUT2D eigenvalue weighted by molar-refractivity contribution is 0.0560. The third-order valence-electron chi connectivity index (χ3n) is 4.62. The minimum Gasteiger partial charge on any atom is -0.504 e. The van der Waals surface area contributed by atoms with E-state index in [1.54, 1.807) is 12.1 Å². The fraction of sp³-hybridized carbons (Fsp3) is 0.562. The number of benzene rings is 1. The molecule has 2 unspecified atom stereocenters. The standard InChI is InChI=1S/C16H22N2O3/c19-14-8-3-5-11(15(14)20)16(21)18-10-2-1-7-13(18)12-6-4-9-17-12/h3,5,8,12-13,17,19-20H,1-2,4,6-7,9-10H2. The van der Waals surface area contributed by atoms with Gasteiger partial charge in [0.1, 0.15) is 0 Å². The molecule has 0 radical (unpaired) electrons. The van der Waals surface area contributed by atoms with Crippen molar-refractivity contribution < 1.29 is 15.0 Å². The summed E-state index contributed by atoms with van der Waals surface area (Å²) >= 11 is 0. The summed E-state index contributed by atoms with van der Waals surface area (Å²) in [5.74, 6) is -0.735. The summed E-state index contributed by atoms with van der Waals surface area (Å²) in [5.41, 5.74) is 0.194. The van der Waals surface area contributed by atoms with Crippen molar-refractivity contribution in [1.29, 1.82) is 0 Å². The lowest BCUT2D eigenvalue weighted by Gasteiger charge is -2.39. The van der Waals surface area contributed by atoms with E-state index in [9.17, 15) is 15.0 Å². The maximum absolute atomic E-state index is 12.8. The fourth-order valence-corrected chi connectivity index (χ4v) is 3.53. The Labute approximate surface area is 124 Å². The van der Waals surface area contributed by atoms with Crippen LogP contribution in [0.5, 0.6) is 11.5 Å². The van der Waals surface area contributed by atoms with E-state index in [4.69, 9.17) is 0 Å². The monoisotopic (exact) mass is 290 g/mol. The van der Waals surface area contributed by atoms with Gasteiger partial charge in [-0.05, 0) is 50.8 Å². The number of nitrogens with one attached hydrogen (secondary N) is 1. The van der Waals surface area contributed by atoms with Crippen molar-refractivity contribution in [2.75, 3.05) is 13.1 Å². The number of hydrogen-bond acceptors (Lipinski definition) is 4. The minimum absolute atomic E-state index is 0.179. The number of phenolic OH excluding ortho intramolecular Hbond substituents is 2. The predicted octanol–water partition coefficient (Wildman–Crippen LogP) is 1.84. The van der Waals surface area contributed by atoms with E-state index >= 15 is 0 Å². The van der Waals surface area contributed by atoms with Gasteiger partial charge in [0.15, 0.2) is 11.5 Å². The van der Waals surface area contributed by atoms with Gasteiger partial charge < -0.3 is 20.4 Å². The molecule has 1 aromatic rings. The Morgan fingerprint density at radius 2 is 2.05 bits per heavy atom. The van der Waals surface area contributed by atoms with E-state index in [1.807, 2.05) is 4.90 Å². The van der Waals surface area contributed by atoms with E-state index in [-0.39, 0.29) is 29.0 Å². The van der Waals surface area contributed by atoms with E-state index in [1.165, 1.54) is 6.07 Å². The van der Waals surface area contributed by atoms with Crippen LogP contribution in [-0.2, 0) is 0 Å². The number of piperidine rings is 1. The SMILES string of the molecule is O=C(c1cccc(O)c1O)N1CCCCC1C1CCCN1. The molecule has 5 nitrogen and oxygen atoms in total. The molecule has 0 aromatic heterocycles. The van der Waals surface area contributed by atoms with E-state index in [2.05, 4.69) is 5.32 Å². The van der Waals surface area contributed by atoms with Crippen LogP contribution in [0.3, 0.4) is 0 Å². The highest BCUT2D eigenvalue weighted by molar-refractivity contribution is 5.97. The van der Waals surface area contributed by atoms with Crippen LogP contribution in [0.25, 0.3) is 0 Å². The van der Waals surface area contributed by atoms with E-state index < -0.39 is 0 Å². The fourth-order valence-electron chi connectivity index (χ4n) is 3.53. The number of nitrogens with zero attached hydrogens (tertiary/aromatic N) is 1. The summed E-state index contributed by atoms with van der Waals surface area (Å²) in [6.45, 7) is 1.73. The van der Waals surface area contributed by atoms with Gasteiger partial charge in [-0.25, -0.2) is 0 Å². The van der Waals surface area contributed by atoms with Crippen molar-refractivity contribution in [3.05, 3.63) is 23.8 Å². The normalized spacial score (nSPS) is 26.0. The van der Waals surface area contributed by atoms with Gasteiger partial charge in [0.2, 0.25) is 0 Å². The molecule has 1 amide bonds. The second-order valence-corrected chi connectivity index (χ2v) is 5.94. The minimum atomic E-state index is -0.314. The lowest BCUT2D eigenvalue weighted by Crippen LogP contribution is -2.52. The smallest absolute Gasteiger partial charge is 0.258 e. The summed E-state index contributed by atoms with van der Waals surface area (Å²) in [4.78, 5) is 14.6. The molecular weight excluding hydrogens is 268 g/mol. The Bertz CT molecular complexity index is 526. The van der Waals surface area contributed by atoms with Crippen molar-refractivity contribution in [2.24, 2.45) is 0 Å². The Balaban J connectivity index is 1.85. The zero-order chi connectivity index (χ0) is 14.8. The van der Waals surface area contributed by atoms with Crippen LogP contribution in [0.15, 0.2) is 18.2 Å². The van der Waals surface area contributed by atoms with Gasteiger partial charge in [-0.2, -0.15) is 0 Å². The molecule has 2 atom stereocenters. The van der Waals surface area contributed by atoms with Gasteiger partial charge in [0.25, 0.3) is 5.91 Å². The highest BCUT2D eigenvalue weighted by Gasteiger charge is 2.35. The highest BCUT2D eigenvalue weighted by atomic mass is 16.3. The second-order valence-electron chi connectivity index (χ2n) is 5.94. The van der Waals surface area contributed by atoms with Crippen molar-refractivity contribution in [3.8, 4) is 11.5 Å². The van der Waals surface area contributed by atoms with Crippen LogP contribution in [-0.4, -0.2) is 46.2 Å². The van der Waals surface area contributed by atoms with Gasteiger partial charge >= 0.3 is 0 Å². The van der Waals surface area contributed by atoms with Gasteiger partial charge in [-0.15, -0.1) is 0 Å². The van der Waals surface area contributed by atoms with Crippen LogP contribution in [0.1, 0.15) is 42.5 Å². The van der Waals surface area contributed by atoms with Gasteiger partial charge in [0, 0.05) is 18.6 Å². The summed E-state index contributed by atoms with van der Waals surface area (Å²) in [6.07, 6.45) is 5.39. The molecule has 0 aliphatic carbocycles. The quantitative estimate of drug-likeness (QED) is 0.727. The largest absolute Gasteiger partial charge is 0.504 e. The van der Waals surface area contributed by atoms with E-state index in [0.717, 1.165) is 45.2 Å². The Morgan fingerprint density at radius 1 is 1.19 bits per heavy atom. The topological polar surface area (TPSA) is 72.8 Å². The lowest BCUT2D eigenvalue weighted by atomic mass is 9.93. The predicted molar refractivity (Wildman–Crippen MR) is 79.5 cm³/mol. The van der Waals surface area contributed by atoms with Crippen molar-refractivity contribution in [2.45, 2.75) is 44.2 Å². The number of para-hydroxylation sites is 1. The molecule has 2 saturated heterocycles. The van der Waals surface area contributed by atoms with Crippen LogP contribution in [0.2, 0.25) is 0 Å². The number of carbonyl (C=O) groups is 1. The molecule has 2 fully saturated rings. The molecular formula is C16H22N2O3. The molecule has 2 heterocycles. The maximum Gasteiger partial charge on any atom is 0.258 e. The van der Waals surface area contributed by atoms with Crippen LogP contribution < -0.4 is 5.32 Å². The maximum atomic E-state index is 12.8. The average molecular weight is 290 g/mol. The molecule has 114 valence electrons. The molecule has 0 saturated carbocycles. The number of rotatable bonds is 2. The average Bonchev–Trinajstić information content (AvgIpc) is 3.03. The summed E-state index contributed by atoms with van der Waals surface area (Å²) in [7, 11) is 0. The zero-order valence-electron chi connectivity index (χ0n) is 12.1. The Hall–Kier alpha value is -1.75. The number of phenols is 2. The second kappa shape index (κ2) is 5.93. The number of amides is 1. The molecule has 2 aliphatic rings. The number of carbonyl (C=O) groups excluding carboxylic acids is 1. The third kappa shape index (κ3) is 2.70. The summed E-state index contributed by atoms with van der Waals surface area (Å²) < 4.78 is 0. The Morgan fingerprint density at radius 3 is 2.81 bits per heavy atom. The first-order valence-corrected chi connectivity index (χ1v) is 7.74. The molecule has 0 spiro atoms. The molecule has 1 aromatic carbocycles. The zero-order valence-corrected chi connectivity index (χ0v) is 12.1. The molecule has 21 heavy (non-hydrogen) atoms. The van der Waals surface area contributed by atoms with Crippen LogP contribution in [0.4, 0.5) is 0 Å². The van der Waals surface area contributed by atoms with Crippen molar-refractivity contribution in [3.63, 3.8) is 0 Å². The molecule has 5 heteroatoms. The third-order valence-corrected chi connectivity index (χ3v) is 4.62. The highest BCUT2D eigenvalue weighted by Crippen LogP contribution is 2.32. The summed E-state index contributed by atoms with van der Waals surface area (Å²) in [5, 5.41) is 23.0. The number of hydrogen-bond donors (Lipinski definition) is 3. The first-order valence-electron chi connectivity index (χ1n) is 7.74. The van der Waals surface area contributed by atoms with Crippen LogP contribution in [0, 0.1) is 0 Å². The van der Waals surface area contributed by atoms with Crippen molar-refractivity contribution >= 4 is 5.91 Å². The van der Waals surface area contributed by atoms with Gasteiger partial charge in [0.05, 0.1) is 5.56 Å². The summed E-state index contributed by atoms with van der Waals surface area (Å²) in [6, 6.07) is 5.10. The molecule has 3 N–H and O–H groups in total.